The van der Waals surface area contributed by atoms with E-state index in [-0.39, 0.29) is 17.8 Å². The fourth-order valence-corrected chi connectivity index (χ4v) is 3.79. The van der Waals surface area contributed by atoms with E-state index in [0.29, 0.717) is 5.75 Å². The quantitative estimate of drug-likeness (QED) is 0.729. The maximum Gasteiger partial charge on any atom is 0.153 e. The molecule has 0 spiro atoms. The Morgan fingerprint density at radius 3 is 2.54 bits per heavy atom. The van der Waals surface area contributed by atoms with Gasteiger partial charge in [-0.3, -0.25) is 0 Å². The summed E-state index contributed by atoms with van der Waals surface area (Å²) in [6.07, 6.45) is 3.30. The summed E-state index contributed by atoms with van der Waals surface area (Å²) in [6, 6.07) is 0. The van der Waals surface area contributed by atoms with Crippen molar-refractivity contribution in [2.75, 3.05) is 12.4 Å². The monoisotopic (exact) mass is 206 g/mol. The molecule has 0 aromatic heterocycles. The van der Waals surface area contributed by atoms with Gasteiger partial charge in [-0.1, -0.05) is 13.3 Å². The zero-order valence-corrected chi connectivity index (χ0v) is 8.89. The van der Waals surface area contributed by atoms with Crippen molar-refractivity contribution in [2.24, 2.45) is 5.92 Å². The SMILES string of the molecule is CCC(CCCO)C1CCS1(=O)=O. The zero-order chi connectivity index (χ0) is 9.90. The van der Waals surface area contributed by atoms with Crippen LogP contribution in [0.25, 0.3) is 0 Å². The molecule has 1 saturated heterocycles. The second kappa shape index (κ2) is 4.42. The lowest BCUT2D eigenvalue weighted by Crippen LogP contribution is -2.42. The van der Waals surface area contributed by atoms with E-state index in [9.17, 15) is 8.42 Å². The molecule has 2 unspecified atom stereocenters. The van der Waals surface area contributed by atoms with Gasteiger partial charge in [-0.05, 0) is 25.2 Å². The smallest absolute Gasteiger partial charge is 0.153 e. The standard InChI is InChI=1S/C9H18O3S/c1-2-8(4-3-6-10)9-5-7-13(9,11)12/h8-10H,2-7H2,1H3. The van der Waals surface area contributed by atoms with Crippen molar-refractivity contribution in [1.29, 1.82) is 0 Å². The molecule has 13 heavy (non-hydrogen) atoms. The normalized spacial score (nSPS) is 28.0. The predicted molar refractivity (Wildman–Crippen MR) is 52.3 cm³/mol. The van der Waals surface area contributed by atoms with Crippen LogP contribution in [-0.4, -0.2) is 31.1 Å². The summed E-state index contributed by atoms with van der Waals surface area (Å²) in [5.41, 5.74) is 0. The van der Waals surface area contributed by atoms with Crippen molar-refractivity contribution in [3.63, 3.8) is 0 Å². The third-order valence-electron chi connectivity index (χ3n) is 2.93. The zero-order valence-electron chi connectivity index (χ0n) is 8.07. The van der Waals surface area contributed by atoms with Crippen LogP contribution in [0, 0.1) is 5.92 Å². The maximum absolute atomic E-state index is 11.3. The first kappa shape index (κ1) is 11.0. The van der Waals surface area contributed by atoms with Crippen LogP contribution in [0.5, 0.6) is 0 Å². The van der Waals surface area contributed by atoms with Gasteiger partial charge in [0.25, 0.3) is 0 Å². The topological polar surface area (TPSA) is 54.4 Å². The first-order valence-electron chi connectivity index (χ1n) is 4.94. The van der Waals surface area contributed by atoms with Gasteiger partial charge < -0.3 is 5.11 Å². The summed E-state index contributed by atoms with van der Waals surface area (Å²) in [5.74, 6) is 0.638. The number of rotatable bonds is 5. The Hall–Kier alpha value is -0.0900. The molecule has 0 radical (unpaired) electrons. The van der Waals surface area contributed by atoms with E-state index in [1.807, 2.05) is 6.92 Å². The maximum atomic E-state index is 11.3. The number of aliphatic hydroxyl groups is 1. The molecule has 3 nitrogen and oxygen atoms in total. The minimum Gasteiger partial charge on any atom is -0.396 e. The predicted octanol–water partition coefficient (Wildman–Crippen LogP) is 0.972. The van der Waals surface area contributed by atoms with Gasteiger partial charge in [0, 0.05) is 6.61 Å². The van der Waals surface area contributed by atoms with E-state index in [1.54, 1.807) is 0 Å². The molecule has 0 aliphatic carbocycles. The van der Waals surface area contributed by atoms with Gasteiger partial charge in [-0.25, -0.2) is 8.42 Å². The lowest BCUT2D eigenvalue weighted by Gasteiger charge is -2.32. The van der Waals surface area contributed by atoms with Gasteiger partial charge >= 0.3 is 0 Å². The van der Waals surface area contributed by atoms with Gasteiger partial charge in [-0.15, -0.1) is 0 Å². The highest BCUT2D eigenvalue weighted by Gasteiger charge is 2.40. The molecular formula is C9H18O3S. The Morgan fingerprint density at radius 2 is 2.23 bits per heavy atom. The van der Waals surface area contributed by atoms with E-state index in [0.717, 1.165) is 25.7 Å². The highest BCUT2D eigenvalue weighted by molar-refractivity contribution is 7.93. The van der Waals surface area contributed by atoms with Crippen LogP contribution in [0.15, 0.2) is 0 Å². The molecule has 0 saturated carbocycles. The molecule has 1 rings (SSSR count). The summed E-state index contributed by atoms with van der Waals surface area (Å²) in [5, 5.41) is 8.56. The molecule has 0 aromatic rings. The molecule has 1 heterocycles. The minimum atomic E-state index is -2.75. The van der Waals surface area contributed by atoms with Gasteiger partial charge in [0.1, 0.15) is 0 Å². The summed E-state index contributed by atoms with van der Waals surface area (Å²) >= 11 is 0. The van der Waals surface area contributed by atoms with Crippen LogP contribution < -0.4 is 0 Å². The molecular weight excluding hydrogens is 188 g/mol. The summed E-state index contributed by atoms with van der Waals surface area (Å²) < 4.78 is 22.6. The molecule has 1 N–H and O–H groups in total. The van der Waals surface area contributed by atoms with Gasteiger partial charge in [0.05, 0.1) is 11.0 Å². The van der Waals surface area contributed by atoms with Crippen LogP contribution in [0.1, 0.15) is 32.6 Å². The van der Waals surface area contributed by atoms with Crippen molar-refractivity contribution < 1.29 is 13.5 Å². The second-order valence-corrected chi connectivity index (χ2v) is 6.07. The molecule has 1 fully saturated rings. The van der Waals surface area contributed by atoms with Crippen molar-refractivity contribution in [3.05, 3.63) is 0 Å². The van der Waals surface area contributed by atoms with Crippen molar-refractivity contribution >= 4 is 9.84 Å². The summed E-state index contributed by atoms with van der Waals surface area (Å²) in [4.78, 5) is 0. The Bertz CT molecular complexity index is 246. The van der Waals surface area contributed by atoms with E-state index >= 15 is 0 Å². The molecule has 2 atom stereocenters. The fourth-order valence-electron chi connectivity index (χ4n) is 1.98. The number of hydrogen-bond acceptors (Lipinski definition) is 3. The lowest BCUT2D eigenvalue weighted by molar-refractivity contribution is 0.265. The van der Waals surface area contributed by atoms with Crippen LogP contribution in [0.4, 0.5) is 0 Å². The number of aliphatic hydroxyl groups excluding tert-OH is 1. The molecule has 78 valence electrons. The summed E-state index contributed by atoms with van der Waals surface area (Å²) in [7, 11) is -2.75. The second-order valence-electron chi connectivity index (χ2n) is 3.73. The van der Waals surface area contributed by atoms with E-state index in [2.05, 4.69) is 0 Å². The third kappa shape index (κ3) is 2.44. The molecule has 0 bridgehead atoms. The van der Waals surface area contributed by atoms with Crippen LogP contribution in [-0.2, 0) is 9.84 Å². The highest BCUT2D eigenvalue weighted by Crippen LogP contribution is 2.32. The van der Waals surface area contributed by atoms with Crippen molar-refractivity contribution in [2.45, 2.75) is 37.9 Å². The molecule has 4 heteroatoms. The average Bonchev–Trinajstić information content (AvgIpc) is 2.10. The first-order chi connectivity index (χ1) is 6.11. The van der Waals surface area contributed by atoms with Crippen LogP contribution in [0.3, 0.4) is 0 Å². The van der Waals surface area contributed by atoms with E-state index in [4.69, 9.17) is 5.11 Å². The van der Waals surface area contributed by atoms with Gasteiger partial charge in [0.15, 0.2) is 9.84 Å². The van der Waals surface area contributed by atoms with Crippen LogP contribution >= 0.6 is 0 Å². The third-order valence-corrected chi connectivity index (χ3v) is 5.28. The lowest BCUT2D eigenvalue weighted by atomic mass is 9.94. The highest BCUT2D eigenvalue weighted by atomic mass is 32.2. The van der Waals surface area contributed by atoms with Gasteiger partial charge in [-0.2, -0.15) is 0 Å². The summed E-state index contributed by atoms with van der Waals surface area (Å²) in [6.45, 7) is 2.19. The molecule has 1 aliphatic heterocycles. The number of sulfone groups is 1. The Kier molecular flexibility index (Phi) is 3.74. The van der Waals surface area contributed by atoms with Crippen LogP contribution in [0.2, 0.25) is 0 Å². The van der Waals surface area contributed by atoms with Crippen molar-refractivity contribution in [1.82, 2.24) is 0 Å². The van der Waals surface area contributed by atoms with E-state index in [1.165, 1.54) is 0 Å². The molecule has 0 amide bonds. The molecule has 0 aromatic carbocycles. The molecule has 1 aliphatic rings. The fraction of sp³-hybridized carbons (Fsp3) is 1.00. The van der Waals surface area contributed by atoms with Crippen molar-refractivity contribution in [3.8, 4) is 0 Å². The Morgan fingerprint density at radius 1 is 1.54 bits per heavy atom. The Balaban J connectivity index is 2.47. The van der Waals surface area contributed by atoms with E-state index < -0.39 is 9.84 Å². The first-order valence-corrected chi connectivity index (χ1v) is 6.65. The minimum absolute atomic E-state index is 0.107. The Labute approximate surface area is 80.1 Å². The number of hydrogen-bond donors (Lipinski definition) is 1. The average molecular weight is 206 g/mol. The largest absolute Gasteiger partial charge is 0.396 e. The van der Waals surface area contributed by atoms with Gasteiger partial charge in [0.2, 0.25) is 0 Å².